The molecule has 0 bridgehead atoms. The van der Waals surface area contributed by atoms with Gasteiger partial charge in [-0.05, 0) is 12.1 Å². The van der Waals surface area contributed by atoms with E-state index in [9.17, 15) is 4.79 Å². The van der Waals surface area contributed by atoms with Gasteiger partial charge in [-0.3, -0.25) is 9.78 Å². The van der Waals surface area contributed by atoms with Gasteiger partial charge in [-0.2, -0.15) is 0 Å². The minimum Gasteiger partial charge on any atom is -0.433 e. The topological polar surface area (TPSA) is 67.9 Å². The van der Waals surface area contributed by atoms with Crippen molar-refractivity contribution in [3.05, 3.63) is 47.3 Å². The van der Waals surface area contributed by atoms with Gasteiger partial charge in [0.05, 0.1) is 6.20 Å². The van der Waals surface area contributed by atoms with Crippen LogP contribution in [0.1, 0.15) is 0 Å². The first-order chi connectivity index (χ1) is 6.86. The normalized spacial score (nSPS) is 9.71. The van der Waals surface area contributed by atoms with Crippen molar-refractivity contribution in [2.45, 2.75) is 0 Å². The van der Waals surface area contributed by atoms with E-state index in [1.807, 2.05) is 0 Å². The summed E-state index contributed by atoms with van der Waals surface area (Å²) in [6, 6.07) is 3.41. The fourth-order valence-electron chi connectivity index (χ4n) is 0.930. The van der Waals surface area contributed by atoms with Crippen LogP contribution >= 0.6 is 0 Å². The average Bonchev–Trinajstić information content (AvgIpc) is 2.23. The number of ether oxygens (including phenoxy) is 1. The number of H-pyrrole nitrogens is 1. The van der Waals surface area contributed by atoms with Gasteiger partial charge in [0, 0.05) is 18.6 Å². The van der Waals surface area contributed by atoms with E-state index in [4.69, 9.17) is 4.74 Å². The van der Waals surface area contributed by atoms with E-state index >= 15 is 0 Å². The van der Waals surface area contributed by atoms with Gasteiger partial charge >= 0.3 is 5.56 Å². The van der Waals surface area contributed by atoms with Gasteiger partial charge in [-0.15, -0.1) is 0 Å². The number of aromatic amines is 1. The summed E-state index contributed by atoms with van der Waals surface area (Å²) in [5, 5.41) is 0. The quantitative estimate of drug-likeness (QED) is 0.763. The molecule has 0 spiro atoms. The summed E-state index contributed by atoms with van der Waals surface area (Å²) in [7, 11) is 0. The van der Waals surface area contributed by atoms with Crippen molar-refractivity contribution >= 4 is 0 Å². The molecule has 0 fully saturated rings. The summed E-state index contributed by atoms with van der Waals surface area (Å²) in [5.74, 6) is 0.497. The molecule has 2 aromatic heterocycles. The third-order valence-electron chi connectivity index (χ3n) is 1.52. The van der Waals surface area contributed by atoms with Crippen LogP contribution in [0.25, 0.3) is 0 Å². The Morgan fingerprint density at radius 3 is 3.00 bits per heavy atom. The highest BCUT2D eigenvalue weighted by atomic mass is 16.5. The minimum atomic E-state index is -0.364. The number of nitrogens with one attached hydrogen (secondary N) is 1. The van der Waals surface area contributed by atoms with E-state index in [2.05, 4.69) is 15.0 Å². The average molecular weight is 189 g/mol. The molecule has 0 unspecified atom stereocenters. The largest absolute Gasteiger partial charge is 0.433 e. The first kappa shape index (κ1) is 8.43. The standard InChI is InChI=1S/C9H7N3O2/c13-8-9(12-5-4-11-8)14-7-2-1-3-10-6-7/h1-6H,(H,11,13). The van der Waals surface area contributed by atoms with Crippen LogP contribution in [0.4, 0.5) is 0 Å². The highest BCUT2D eigenvalue weighted by molar-refractivity contribution is 5.21. The molecule has 5 nitrogen and oxygen atoms in total. The third kappa shape index (κ3) is 1.77. The Labute approximate surface area is 79.4 Å². The minimum absolute atomic E-state index is 0.0144. The molecule has 0 atom stereocenters. The van der Waals surface area contributed by atoms with Crippen molar-refractivity contribution < 1.29 is 4.74 Å². The molecule has 14 heavy (non-hydrogen) atoms. The zero-order valence-electron chi connectivity index (χ0n) is 7.18. The van der Waals surface area contributed by atoms with Gasteiger partial charge in [0.25, 0.3) is 5.88 Å². The van der Waals surface area contributed by atoms with Gasteiger partial charge in [-0.1, -0.05) is 0 Å². The Morgan fingerprint density at radius 2 is 2.29 bits per heavy atom. The summed E-state index contributed by atoms with van der Waals surface area (Å²) < 4.78 is 5.19. The van der Waals surface area contributed by atoms with Crippen molar-refractivity contribution in [1.29, 1.82) is 0 Å². The van der Waals surface area contributed by atoms with Crippen molar-refractivity contribution in [2.24, 2.45) is 0 Å². The van der Waals surface area contributed by atoms with E-state index in [0.29, 0.717) is 5.75 Å². The molecular formula is C9H7N3O2. The number of aromatic nitrogens is 3. The highest BCUT2D eigenvalue weighted by Gasteiger charge is 2.01. The van der Waals surface area contributed by atoms with E-state index in [1.54, 1.807) is 18.3 Å². The number of nitrogens with zero attached hydrogens (tertiary/aromatic N) is 2. The SMILES string of the molecule is O=c1[nH]ccnc1Oc1cccnc1. The zero-order valence-corrected chi connectivity index (χ0v) is 7.18. The lowest BCUT2D eigenvalue weighted by atomic mass is 10.5. The lowest BCUT2D eigenvalue weighted by Gasteiger charge is -2.00. The van der Waals surface area contributed by atoms with E-state index in [0.717, 1.165) is 0 Å². The molecule has 0 saturated heterocycles. The Bertz CT molecular complexity index is 467. The molecule has 0 radical (unpaired) electrons. The van der Waals surface area contributed by atoms with Crippen molar-refractivity contribution in [3.63, 3.8) is 0 Å². The van der Waals surface area contributed by atoms with Gasteiger partial charge < -0.3 is 9.72 Å². The summed E-state index contributed by atoms with van der Waals surface area (Å²) in [4.78, 5) is 21.2. The maximum Gasteiger partial charge on any atom is 0.311 e. The number of hydrogen-bond acceptors (Lipinski definition) is 4. The lowest BCUT2D eigenvalue weighted by molar-refractivity contribution is 0.452. The molecule has 0 aliphatic rings. The summed E-state index contributed by atoms with van der Waals surface area (Å²) in [5.41, 5.74) is -0.364. The van der Waals surface area contributed by atoms with Crippen LogP contribution < -0.4 is 10.3 Å². The second kappa shape index (κ2) is 3.69. The first-order valence-corrected chi connectivity index (χ1v) is 3.98. The molecule has 5 heteroatoms. The Balaban J connectivity index is 2.28. The van der Waals surface area contributed by atoms with Crippen molar-refractivity contribution in [3.8, 4) is 11.6 Å². The molecule has 2 aromatic rings. The lowest BCUT2D eigenvalue weighted by Crippen LogP contribution is -2.09. The second-order valence-corrected chi connectivity index (χ2v) is 2.51. The van der Waals surface area contributed by atoms with Crippen LogP contribution in [-0.2, 0) is 0 Å². The predicted molar refractivity (Wildman–Crippen MR) is 49.2 cm³/mol. The van der Waals surface area contributed by atoms with Gasteiger partial charge in [0.2, 0.25) is 0 Å². The number of rotatable bonds is 2. The van der Waals surface area contributed by atoms with E-state index in [-0.39, 0.29) is 11.4 Å². The van der Waals surface area contributed by atoms with Crippen LogP contribution in [0.5, 0.6) is 11.6 Å². The van der Waals surface area contributed by atoms with Crippen LogP contribution in [0, 0.1) is 0 Å². The molecule has 2 rings (SSSR count). The Kier molecular flexibility index (Phi) is 2.22. The monoisotopic (exact) mass is 189 g/mol. The summed E-state index contributed by atoms with van der Waals surface area (Å²) in [6.07, 6.45) is 6.02. The summed E-state index contributed by atoms with van der Waals surface area (Å²) in [6.45, 7) is 0. The van der Waals surface area contributed by atoms with Crippen molar-refractivity contribution in [1.82, 2.24) is 15.0 Å². The smallest absolute Gasteiger partial charge is 0.311 e. The Hall–Kier alpha value is -2.17. The van der Waals surface area contributed by atoms with Gasteiger partial charge in [-0.25, -0.2) is 4.98 Å². The summed E-state index contributed by atoms with van der Waals surface area (Å²) >= 11 is 0. The van der Waals surface area contributed by atoms with Crippen LogP contribution in [0.15, 0.2) is 41.7 Å². The van der Waals surface area contributed by atoms with Crippen LogP contribution in [0.2, 0.25) is 0 Å². The van der Waals surface area contributed by atoms with Crippen LogP contribution in [0.3, 0.4) is 0 Å². The predicted octanol–water partition coefficient (Wildman–Crippen LogP) is 0.957. The zero-order chi connectivity index (χ0) is 9.80. The molecule has 1 N–H and O–H groups in total. The maximum absolute atomic E-state index is 11.2. The molecule has 2 heterocycles. The first-order valence-electron chi connectivity index (χ1n) is 3.98. The number of hydrogen-bond donors (Lipinski definition) is 1. The molecule has 0 aliphatic carbocycles. The molecular weight excluding hydrogens is 182 g/mol. The molecule has 0 amide bonds. The molecule has 0 aromatic carbocycles. The molecule has 0 aliphatic heterocycles. The van der Waals surface area contributed by atoms with E-state index in [1.165, 1.54) is 18.6 Å². The molecule has 70 valence electrons. The van der Waals surface area contributed by atoms with Crippen LogP contribution in [-0.4, -0.2) is 15.0 Å². The van der Waals surface area contributed by atoms with Gasteiger partial charge in [0.1, 0.15) is 5.75 Å². The van der Waals surface area contributed by atoms with E-state index < -0.39 is 0 Å². The number of pyridine rings is 1. The highest BCUT2D eigenvalue weighted by Crippen LogP contribution is 2.12. The third-order valence-corrected chi connectivity index (χ3v) is 1.52. The second-order valence-electron chi connectivity index (χ2n) is 2.51. The Morgan fingerprint density at radius 1 is 1.36 bits per heavy atom. The fraction of sp³-hybridized carbons (Fsp3) is 0. The maximum atomic E-state index is 11.2. The fourth-order valence-corrected chi connectivity index (χ4v) is 0.930. The van der Waals surface area contributed by atoms with Gasteiger partial charge in [0.15, 0.2) is 0 Å². The molecule has 0 saturated carbocycles. The van der Waals surface area contributed by atoms with Crippen molar-refractivity contribution in [2.75, 3.05) is 0 Å².